The zero-order chi connectivity index (χ0) is 55.4. The molecule has 1 amide bonds. The van der Waals surface area contributed by atoms with Crippen LogP contribution in [0.15, 0.2) is 12.2 Å². The predicted molar refractivity (Wildman–Crippen MR) is 315 cm³/mol. The molecule has 1 fully saturated rings. The number of esters is 1. The van der Waals surface area contributed by atoms with Crippen molar-refractivity contribution >= 4 is 11.9 Å². The van der Waals surface area contributed by atoms with Crippen molar-refractivity contribution in [1.82, 2.24) is 5.32 Å². The monoisotopic (exact) mass is 1080 g/mol. The van der Waals surface area contributed by atoms with Gasteiger partial charge in [0.05, 0.1) is 25.4 Å². The summed E-state index contributed by atoms with van der Waals surface area (Å²) in [5, 5.41) is 57.0. The van der Waals surface area contributed by atoms with Crippen LogP contribution in [0.5, 0.6) is 0 Å². The van der Waals surface area contributed by atoms with Gasteiger partial charge >= 0.3 is 5.97 Å². The summed E-state index contributed by atoms with van der Waals surface area (Å²) >= 11 is 0. The maximum Gasteiger partial charge on any atom is 0.306 e. The van der Waals surface area contributed by atoms with Gasteiger partial charge in [0.15, 0.2) is 12.4 Å². The molecule has 0 radical (unpaired) electrons. The zero-order valence-corrected chi connectivity index (χ0v) is 49.9. The Hall–Kier alpha value is -1.60. The zero-order valence-electron chi connectivity index (χ0n) is 49.9. The van der Waals surface area contributed by atoms with Crippen molar-refractivity contribution in [3.8, 4) is 0 Å². The number of unbranched alkanes of at least 4 members (excludes halogenated alkanes) is 43. The molecule has 0 bridgehead atoms. The fraction of sp³-hybridized carbons (Fsp3) is 0.938. The highest BCUT2D eigenvalue weighted by Crippen LogP contribution is 2.26. The van der Waals surface area contributed by atoms with E-state index in [1.54, 1.807) is 6.08 Å². The first-order chi connectivity index (χ1) is 37.2. The number of aliphatic hydroxyl groups excluding tert-OH is 5. The number of hydrogen-bond acceptors (Lipinski definition) is 10. The van der Waals surface area contributed by atoms with Crippen LogP contribution < -0.4 is 5.32 Å². The lowest BCUT2D eigenvalue weighted by atomic mass is 9.99. The topological polar surface area (TPSA) is 175 Å². The van der Waals surface area contributed by atoms with Gasteiger partial charge in [-0.3, -0.25) is 9.59 Å². The number of carbonyl (C=O) groups is 2. The molecule has 8 unspecified atom stereocenters. The maximum absolute atomic E-state index is 13.4. The molecule has 1 heterocycles. The Bertz CT molecular complexity index is 1290. The second kappa shape index (κ2) is 54.0. The highest BCUT2D eigenvalue weighted by atomic mass is 16.7. The molecule has 450 valence electrons. The Morgan fingerprint density at radius 1 is 0.500 bits per heavy atom. The molecule has 1 saturated heterocycles. The summed E-state index contributed by atoms with van der Waals surface area (Å²) in [6.45, 7) is 5.81. The van der Waals surface area contributed by atoms with Gasteiger partial charge < -0.3 is 45.1 Å². The van der Waals surface area contributed by atoms with E-state index in [1.165, 1.54) is 225 Å². The summed E-state index contributed by atoms with van der Waals surface area (Å²) in [6, 6.07) is -1.02. The summed E-state index contributed by atoms with van der Waals surface area (Å²) < 4.78 is 17.6. The number of aliphatic hydroxyl groups is 5. The summed E-state index contributed by atoms with van der Waals surface area (Å²) in [5.41, 5.74) is 0. The van der Waals surface area contributed by atoms with E-state index in [0.29, 0.717) is 19.3 Å². The number of allylic oxidation sites excluding steroid dienone is 1. The predicted octanol–water partition coefficient (Wildman–Crippen LogP) is 15.9. The molecule has 1 rings (SSSR count). The van der Waals surface area contributed by atoms with Crippen molar-refractivity contribution in [2.75, 3.05) is 13.2 Å². The van der Waals surface area contributed by atoms with Gasteiger partial charge in [0, 0.05) is 6.42 Å². The summed E-state index contributed by atoms with van der Waals surface area (Å²) in [5.74, 6) is -1.18. The molecular formula is C65H125NO10. The van der Waals surface area contributed by atoms with E-state index in [2.05, 4.69) is 26.1 Å². The first-order valence-electron chi connectivity index (χ1n) is 33.0. The quantitative estimate of drug-likeness (QED) is 0.0195. The van der Waals surface area contributed by atoms with Gasteiger partial charge in [-0.15, -0.1) is 0 Å². The highest BCUT2D eigenvalue weighted by Gasteiger charge is 2.47. The minimum atomic E-state index is -1.61. The largest absolute Gasteiger partial charge is 0.454 e. The molecule has 1 aliphatic heterocycles. The average Bonchev–Trinajstić information content (AvgIpc) is 3.42. The molecule has 8 atom stereocenters. The minimum Gasteiger partial charge on any atom is -0.454 e. The van der Waals surface area contributed by atoms with Crippen molar-refractivity contribution in [2.24, 2.45) is 0 Å². The summed E-state index contributed by atoms with van der Waals surface area (Å²) in [4.78, 5) is 26.5. The number of ether oxygens (including phenoxy) is 3. The van der Waals surface area contributed by atoms with Crippen LogP contribution in [0.1, 0.15) is 329 Å². The van der Waals surface area contributed by atoms with Gasteiger partial charge in [0.25, 0.3) is 0 Å². The van der Waals surface area contributed by atoms with Crippen LogP contribution in [-0.2, 0) is 23.8 Å². The number of nitrogens with one attached hydrogen (secondary N) is 1. The van der Waals surface area contributed by atoms with Crippen molar-refractivity contribution < 1.29 is 49.3 Å². The molecule has 0 aromatic carbocycles. The number of carbonyl (C=O) groups excluding carboxylic acids is 2. The summed E-state index contributed by atoms with van der Waals surface area (Å²) in [7, 11) is 0. The van der Waals surface area contributed by atoms with Crippen LogP contribution in [0.2, 0.25) is 0 Å². The fourth-order valence-corrected chi connectivity index (χ4v) is 10.7. The van der Waals surface area contributed by atoms with Crippen LogP contribution in [0.25, 0.3) is 0 Å². The van der Waals surface area contributed by atoms with Crippen LogP contribution >= 0.6 is 0 Å². The molecule has 0 aromatic heterocycles. The highest BCUT2D eigenvalue weighted by molar-refractivity contribution is 5.80. The van der Waals surface area contributed by atoms with Gasteiger partial charge in [-0.1, -0.05) is 309 Å². The van der Waals surface area contributed by atoms with Crippen molar-refractivity contribution in [3.63, 3.8) is 0 Å². The lowest BCUT2D eigenvalue weighted by Crippen LogP contribution is -2.61. The Balaban J connectivity index is 2.56. The SMILES string of the molecule is CCCCCCCCCCCC/C=C/C(O)C(COC1OC(CO)C(O)C(O)C1OC(=O)CCCCCCCCCCCCC)NC(=O)C(O)CCCCCCCCCCCCCCCCCCCCCCCCCC. The van der Waals surface area contributed by atoms with Crippen molar-refractivity contribution in [1.29, 1.82) is 0 Å². The number of amides is 1. The third-order valence-electron chi connectivity index (χ3n) is 15.9. The second-order valence-corrected chi connectivity index (χ2v) is 23.2. The molecule has 0 aromatic rings. The first-order valence-corrected chi connectivity index (χ1v) is 33.0. The van der Waals surface area contributed by atoms with E-state index < -0.39 is 67.4 Å². The van der Waals surface area contributed by atoms with Crippen molar-refractivity contribution in [2.45, 2.75) is 378 Å². The smallest absolute Gasteiger partial charge is 0.306 e. The molecule has 1 aliphatic rings. The van der Waals surface area contributed by atoms with Crippen molar-refractivity contribution in [3.05, 3.63) is 12.2 Å². The van der Waals surface area contributed by atoms with E-state index >= 15 is 0 Å². The van der Waals surface area contributed by atoms with Gasteiger partial charge in [0.2, 0.25) is 5.91 Å². The van der Waals surface area contributed by atoms with Crippen LogP contribution in [0, 0.1) is 0 Å². The molecule has 0 spiro atoms. The fourth-order valence-electron chi connectivity index (χ4n) is 10.7. The lowest BCUT2D eigenvalue weighted by Gasteiger charge is -2.41. The third-order valence-corrected chi connectivity index (χ3v) is 15.9. The Kier molecular flexibility index (Phi) is 51.5. The molecule has 0 saturated carbocycles. The lowest BCUT2D eigenvalue weighted by molar-refractivity contribution is -0.305. The number of rotatable bonds is 57. The van der Waals surface area contributed by atoms with Gasteiger partial charge in [-0.25, -0.2) is 0 Å². The second-order valence-electron chi connectivity index (χ2n) is 23.2. The van der Waals surface area contributed by atoms with Crippen LogP contribution in [-0.4, -0.2) is 99.6 Å². The first kappa shape index (κ1) is 72.4. The van der Waals surface area contributed by atoms with E-state index in [0.717, 1.165) is 57.8 Å². The van der Waals surface area contributed by atoms with Gasteiger partial charge in [0.1, 0.15) is 24.4 Å². The normalized spacial score (nSPS) is 19.1. The molecular weight excluding hydrogens is 955 g/mol. The molecule has 76 heavy (non-hydrogen) atoms. The molecule has 6 N–H and O–H groups in total. The van der Waals surface area contributed by atoms with Crippen LogP contribution in [0.4, 0.5) is 0 Å². The van der Waals surface area contributed by atoms with E-state index in [1.807, 2.05) is 6.08 Å². The maximum atomic E-state index is 13.4. The molecule has 11 nitrogen and oxygen atoms in total. The van der Waals surface area contributed by atoms with Gasteiger partial charge in [-0.05, 0) is 25.7 Å². The Morgan fingerprint density at radius 3 is 1.24 bits per heavy atom. The summed E-state index contributed by atoms with van der Waals surface area (Å²) in [6.07, 6.45) is 51.3. The van der Waals surface area contributed by atoms with E-state index in [4.69, 9.17) is 14.2 Å². The molecule has 0 aliphatic carbocycles. The number of hydrogen-bond donors (Lipinski definition) is 6. The average molecular weight is 1080 g/mol. The Morgan fingerprint density at radius 2 is 0.855 bits per heavy atom. The minimum absolute atomic E-state index is 0.130. The Labute approximate surface area is 468 Å². The third kappa shape index (κ3) is 41.4. The van der Waals surface area contributed by atoms with Crippen LogP contribution in [0.3, 0.4) is 0 Å². The van der Waals surface area contributed by atoms with E-state index in [9.17, 15) is 35.1 Å². The van der Waals surface area contributed by atoms with E-state index in [-0.39, 0.29) is 13.0 Å². The van der Waals surface area contributed by atoms with Gasteiger partial charge in [-0.2, -0.15) is 0 Å². The standard InChI is InChI=1S/C65H125NO10/c1-4-7-10-13-16-19-22-24-25-26-27-28-29-30-31-32-33-34-35-38-40-43-46-49-52-58(69)64(73)66-56(57(68)51-48-45-42-39-37-23-20-17-14-11-8-5-2)55-74-65-63(62(72)61(71)59(54-67)75-65)76-60(70)53-50-47-44-41-36-21-18-15-12-9-6-3/h48,51,56-59,61-63,65,67-69,71-72H,4-47,49-50,52-55H2,1-3H3,(H,66,73)/b51-48+. The molecule has 11 heteroatoms.